The van der Waals surface area contributed by atoms with Crippen molar-refractivity contribution in [1.29, 1.82) is 0 Å². The maximum atomic E-state index is 12.4. The molecule has 0 aromatic carbocycles. The highest BCUT2D eigenvalue weighted by atomic mass is 31.2. The summed E-state index contributed by atoms with van der Waals surface area (Å²) in [5.41, 5.74) is 0. The molecule has 1 heterocycles. The summed E-state index contributed by atoms with van der Waals surface area (Å²) in [6.07, 6.45) is 0.792. The van der Waals surface area contributed by atoms with Crippen molar-refractivity contribution in [3.63, 3.8) is 0 Å². The first-order valence-electron chi connectivity index (χ1n) is 7.83. The summed E-state index contributed by atoms with van der Waals surface area (Å²) in [6, 6.07) is 0. The molecular formula is C13H28O7P2. The lowest BCUT2D eigenvalue weighted by atomic mass is 10.3. The van der Waals surface area contributed by atoms with E-state index in [2.05, 4.69) is 0 Å². The predicted molar refractivity (Wildman–Crippen MR) is 84.7 cm³/mol. The van der Waals surface area contributed by atoms with Crippen LogP contribution in [0.3, 0.4) is 0 Å². The minimum atomic E-state index is -3.10. The summed E-state index contributed by atoms with van der Waals surface area (Å²) in [5, 5.41) is 0. The van der Waals surface area contributed by atoms with Crippen molar-refractivity contribution < 1.29 is 32.0 Å². The van der Waals surface area contributed by atoms with Gasteiger partial charge in [-0.2, -0.15) is 0 Å². The van der Waals surface area contributed by atoms with Gasteiger partial charge in [0.15, 0.2) is 0 Å². The fourth-order valence-electron chi connectivity index (χ4n) is 2.20. The topological polar surface area (TPSA) is 83.6 Å². The van der Waals surface area contributed by atoms with Crippen LogP contribution < -0.4 is 0 Å². The van der Waals surface area contributed by atoms with Crippen LogP contribution >= 0.6 is 15.2 Å². The van der Waals surface area contributed by atoms with Crippen molar-refractivity contribution in [2.45, 2.75) is 46.3 Å². The Bertz CT molecular complexity index is 395. The summed E-state index contributed by atoms with van der Waals surface area (Å²) in [5.74, 6) is 0. The zero-order valence-electron chi connectivity index (χ0n) is 13.9. The number of hydrogen-bond acceptors (Lipinski definition) is 7. The van der Waals surface area contributed by atoms with Crippen molar-refractivity contribution in [1.82, 2.24) is 0 Å². The molecule has 0 N–H and O–H groups in total. The number of ether oxygens (including phenoxy) is 1. The lowest BCUT2D eigenvalue weighted by Crippen LogP contribution is -2.09. The van der Waals surface area contributed by atoms with Gasteiger partial charge < -0.3 is 22.8 Å². The van der Waals surface area contributed by atoms with Crippen LogP contribution in [0.4, 0.5) is 0 Å². The molecule has 0 aliphatic carbocycles. The third-order valence-corrected chi connectivity index (χ3v) is 7.30. The van der Waals surface area contributed by atoms with Crippen LogP contribution in [0.1, 0.15) is 34.1 Å². The Morgan fingerprint density at radius 2 is 1.23 bits per heavy atom. The Labute approximate surface area is 133 Å². The molecule has 1 saturated heterocycles. The Morgan fingerprint density at radius 1 is 0.773 bits per heavy atom. The molecule has 2 atom stereocenters. The predicted octanol–water partition coefficient (Wildman–Crippen LogP) is 3.68. The van der Waals surface area contributed by atoms with E-state index < -0.39 is 15.2 Å². The van der Waals surface area contributed by atoms with E-state index in [-0.39, 0.29) is 18.4 Å². The molecule has 0 aromatic rings. The molecule has 0 amide bonds. The van der Waals surface area contributed by atoms with Gasteiger partial charge in [-0.15, -0.1) is 0 Å². The van der Waals surface area contributed by atoms with Gasteiger partial charge >= 0.3 is 15.2 Å². The van der Waals surface area contributed by atoms with Crippen LogP contribution in [-0.4, -0.2) is 51.0 Å². The molecule has 9 heteroatoms. The number of epoxide rings is 1. The average Bonchev–Trinajstić information content (AvgIpc) is 3.15. The molecule has 0 aromatic heterocycles. The maximum Gasteiger partial charge on any atom is 0.333 e. The summed E-state index contributed by atoms with van der Waals surface area (Å²) in [7, 11) is -6.14. The third-order valence-electron chi connectivity index (χ3n) is 3.08. The molecule has 1 fully saturated rings. The lowest BCUT2D eigenvalue weighted by Gasteiger charge is -2.16. The smallest absolute Gasteiger partial charge is 0.333 e. The van der Waals surface area contributed by atoms with Crippen molar-refractivity contribution in [3.05, 3.63) is 0 Å². The van der Waals surface area contributed by atoms with E-state index in [1.54, 1.807) is 27.7 Å². The standard InChI is InChI=1S/C13H28O7P2/c1-5-16-21(14,17-6-2)10-9-12-13(20-12)11-22(15,18-7-3)19-8-4/h12-13H,5-11H2,1-4H3/t12-,13-/m0/s1. The molecular weight excluding hydrogens is 330 g/mol. The minimum absolute atomic E-state index is 0.0940. The zero-order valence-corrected chi connectivity index (χ0v) is 15.6. The maximum absolute atomic E-state index is 12.4. The van der Waals surface area contributed by atoms with Gasteiger partial charge in [0.25, 0.3) is 0 Å². The van der Waals surface area contributed by atoms with E-state index in [0.717, 1.165) is 0 Å². The molecule has 0 bridgehead atoms. The highest BCUT2D eigenvalue weighted by Gasteiger charge is 2.45. The van der Waals surface area contributed by atoms with Gasteiger partial charge in [0, 0.05) is 0 Å². The first kappa shape index (κ1) is 20.3. The first-order valence-corrected chi connectivity index (χ1v) is 11.3. The SMILES string of the molecule is CCOP(=O)(CC[C@@H]1O[C@H]1CP(=O)(OCC)OCC)OCC. The van der Waals surface area contributed by atoms with Gasteiger partial charge in [0.1, 0.15) is 0 Å². The van der Waals surface area contributed by atoms with Gasteiger partial charge in [0.05, 0.1) is 51.0 Å². The van der Waals surface area contributed by atoms with Crippen LogP contribution in [0.5, 0.6) is 0 Å². The Balaban J connectivity index is 2.42. The molecule has 22 heavy (non-hydrogen) atoms. The third kappa shape index (κ3) is 6.79. The minimum Gasteiger partial charge on any atom is -0.369 e. The largest absolute Gasteiger partial charge is 0.369 e. The van der Waals surface area contributed by atoms with Gasteiger partial charge in [-0.05, 0) is 34.1 Å². The molecule has 0 spiro atoms. The quantitative estimate of drug-likeness (QED) is 0.367. The first-order chi connectivity index (χ1) is 10.4. The van der Waals surface area contributed by atoms with E-state index in [9.17, 15) is 9.13 Å². The van der Waals surface area contributed by atoms with Crippen molar-refractivity contribution in [2.24, 2.45) is 0 Å². The molecule has 1 rings (SSSR count). The average molecular weight is 358 g/mol. The zero-order chi connectivity index (χ0) is 16.6. The lowest BCUT2D eigenvalue weighted by molar-refractivity contribution is 0.216. The molecule has 7 nitrogen and oxygen atoms in total. The van der Waals surface area contributed by atoms with Crippen LogP contribution in [-0.2, 0) is 32.0 Å². The van der Waals surface area contributed by atoms with Gasteiger partial charge in [-0.25, -0.2) is 0 Å². The van der Waals surface area contributed by atoms with Gasteiger partial charge in [0.2, 0.25) is 0 Å². The Morgan fingerprint density at radius 3 is 1.68 bits per heavy atom. The van der Waals surface area contributed by atoms with Crippen molar-refractivity contribution >= 4 is 15.2 Å². The van der Waals surface area contributed by atoms with Crippen LogP contribution in [0.2, 0.25) is 0 Å². The summed E-state index contributed by atoms with van der Waals surface area (Å²) in [4.78, 5) is 0. The molecule has 1 aliphatic heterocycles. The Hall–Kier alpha value is 0.260. The number of hydrogen-bond donors (Lipinski definition) is 0. The molecule has 132 valence electrons. The second-order valence-corrected chi connectivity index (χ2v) is 9.09. The second kappa shape index (κ2) is 9.53. The normalized spacial score (nSPS) is 22.0. The van der Waals surface area contributed by atoms with Crippen LogP contribution in [0, 0.1) is 0 Å². The van der Waals surface area contributed by atoms with Crippen LogP contribution in [0.15, 0.2) is 0 Å². The highest BCUT2D eigenvalue weighted by molar-refractivity contribution is 7.54. The van der Waals surface area contributed by atoms with E-state index >= 15 is 0 Å². The number of rotatable bonds is 13. The fourth-order valence-corrected chi connectivity index (χ4v) is 5.72. The van der Waals surface area contributed by atoms with Gasteiger partial charge in [-0.3, -0.25) is 9.13 Å². The van der Waals surface area contributed by atoms with E-state index in [1.807, 2.05) is 0 Å². The van der Waals surface area contributed by atoms with Gasteiger partial charge in [-0.1, -0.05) is 0 Å². The second-order valence-electron chi connectivity index (χ2n) is 4.80. The van der Waals surface area contributed by atoms with Crippen molar-refractivity contribution in [2.75, 3.05) is 38.8 Å². The molecule has 0 unspecified atom stereocenters. The molecule has 0 radical (unpaired) electrons. The monoisotopic (exact) mass is 358 g/mol. The van der Waals surface area contributed by atoms with E-state index in [0.29, 0.717) is 39.0 Å². The molecule has 1 aliphatic rings. The van der Waals surface area contributed by atoms with E-state index in [4.69, 9.17) is 22.8 Å². The van der Waals surface area contributed by atoms with E-state index in [1.165, 1.54) is 0 Å². The Kier molecular flexibility index (Phi) is 8.80. The summed E-state index contributed by atoms with van der Waals surface area (Å²) < 4.78 is 51.2. The van der Waals surface area contributed by atoms with Crippen LogP contribution in [0.25, 0.3) is 0 Å². The molecule has 0 saturated carbocycles. The van der Waals surface area contributed by atoms with Crippen molar-refractivity contribution in [3.8, 4) is 0 Å². The summed E-state index contributed by atoms with van der Waals surface area (Å²) >= 11 is 0. The summed E-state index contributed by atoms with van der Waals surface area (Å²) in [6.45, 7) is 8.46. The fraction of sp³-hybridized carbons (Fsp3) is 1.00. The highest BCUT2D eigenvalue weighted by Crippen LogP contribution is 2.54.